The monoisotopic (exact) mass is 554 g/mol. The van der Waals surface area contributed by atoms with Gasteiger partial charge in [0.2, 0.25) is 11.9 Å². The molecule has 6 rings (SSSR count). The molecule has 9 heteroatoms. The van der Waals surface area contributed by atoms with Gasteiger partial charge in [0.25, 0.3) is 5.91 Å². The Labute approximate surface area is 241 Å². The summed E-state index contributed by atoms with van der Waals surface area (Å²) in [5, 5.41) is 6.48. The number of fused-ring (bicyclic) bond motifs is 2. The third kappa shape index (κ3) is 5.09. The van der Waals surface area contributed by atoms with E-state index in [0.29, 0.717) is 41.2 Å². The van der Waals surface area contributed by atoms with Crippen LogP contribution in [0.25, 0.3) is 0 Å². The fraction of sp³-hybridized carbons (Fsp3) is 0.438. The van der Waals surface area contributed by atoms with Crippen molar-refractivity contribution in [3.05, 3.63) is 65.4 Å². The van der Waals surface area contributed by atoms with Gasteiger partial charge < -0.3 is 25.2 Å². The number of benzene rings is 2. The van der Waals surface area contributed by atoms with Gasteiger partial charge in [-0.05, 0) is 68.9 Å². The summed E-state index contributed by atoms with van der Waals surface area (Å²) in [5.41, 5.74) is 3.82. The van der Waals surface area contributed by atoms with Crippen molar-refractivity contribution in [2.75, 3.05) is 35.8 Å². The zero-order chi connectivity index (χ0) is 28.7. The van der Waals surface area contributed by atoms with E-state index in [2.05, 4.69) is 32.7 Å². The first-order chi connectivity index (χ1) is 19.7. The average Bonchev–Trinajstić information content (AvgIpc) is 3.65. The fourth-order valence-electron chi connectivity index (χ4n) is 6.53. The average molecular weight is 555 g/mol. The summed E-state index contributed by atoms with van der Waals surface area (Å²) in [6.45, 7) is 4.60. The Morgan fingerprint density at radius 1 is 1.10 bits per heavy atom. The van der Waals surface area contributed by atoms with Crippen molar-refractivity contribution in [2.24, 2.45) is 5.41 Å². The predicted octanol–water partition coefficient (Wildman–Crippen LogP) is 5.40. The zero-order valence-electron chi connectivity index (χ0n) is 24.2. The molecule has 2 amide bonds. The van der Waals surface area contributed by atoms with E-state index in [1.54, 1.807) is 37.4 Å². The SMILES string of the molecule is COc1cc(C(=O)N[C@@H]2CCc3ccccc32)ccc1Nc1ncc2c(n1)N(C1CCCC1)CC(C)(C)C(=O)N2C. The van der Waals surface area contributed by atoms with Crippen molar-refractivity contribution in [3.63, 3.8) is 0 Å². The molecule has 0 spiro atoms. The maximum atomic E-state index is 13.3. The number of amides is 2. The van der Waals surface area contributed by atoms with E-state index in [9.17, 15) is 9.59 Å². The molecule has 2 N–H and O–H groups in total. The topological polar surface area (TPSA) is 99.7 Å². The van der Waals surface area contributed by atoms with Gasteiger partial charge in [0, 0.05) is 25.2 Å². The zero-order valence-corrected chi connectivity index (χ0v) is 24.2. The lowest BCUT2D eigenvalue weighted by molar-refractivity contribution is -0.125. The molecule has 2 heterocycles. The normalized spacial score (nSPS) is 19.9. The number of nitrogens with one attached hydrogen (secondary N) is 2. The molecule has 0 unspecified atom stereocenters. The molecular formula is C32H38N6O3. The number of methoxy groups -OCH3 is 1. The van der Waals surface area contributed by atoms with Gasteiger partial charge in [0.1, 0.15) is 11.4 Å². The molecule has 2 aliphatic carbocycles. The fourth-order valence-corrected chi connectivity index (χ4v) is 6.53. The smallest absolute Gasteiger partial charge is 0.251 e. The second kappa shape index (κ2) is 10.7. The minimum absolute atomic E-state index is 0.00766. The first-order valence-corrected chi connectivity index (χ1v) is 14.5. The number of anilines is 4. The maximum Gasteiger partial charge on any atom is 0.251 e. The number of rotatable bonds is 6. The summed E-state index contributed by atoms with van der Waals surface area (Å²) in [6.07, 6.45) is 8.12. The molecule has 1 fully saturated rings. The molecule has 0 saturated heterocycles. The highest BCUT2D eigenvalue weighted by Gasteiger charge is 2.41. The number of aromatic nitrogens is 2. The van der Waals surface area contributed by atoms with E-state index < -0.39 is 5.41 Å². The number of aryl methyl sites for hydroxylation is 1. The third-order valence-electron chi connectivity index (χ3n) is 8.75. The minimum atomic E-state index is -0.550. The molecule has 1 aromatic heterocycles. The number of carbonyl (C=O) groups excluding carboxylic acids is 2. The summed E-state index contributed by atoms with van der Waals surface area (Å²) in [7, 11) is 3.38. The summed E-state index contributed by atoms with van der Waals surface area (Å²) in [5.74, 6) is 1.61. The lowest BCUT2D eigenvalue weighted by atomic mass is 9.91. The van der Waals surface area contributed by atoms with Crippen molar-refractivity contribution < 1.29 is 14.3 Å². The summed E-state index contributed by atoms with van der Waals surface area (Å²) >= 11 is 0. The van der Waals surface area contributed by atoms with Crippen LogP contribution in [0.2, 0.25) is 0 Å². The standard InChI is InChI=1S/C32H38N6O3/c1-32(2)19-38(22-10-6-7-11-22)28-26(37(3)30(32)40)18-33-31(36-28)35-25-16-14-21(17-27(25)41-4)29(39)34-24-15-13-20-9-5-8-12-23(20)24/h5,8-9,12,14,16-18,22,24H,6-7,10-11,13,15,19H2,1-4H3,(H,34,39)(H,33,35,36)/t24-/m1/s1. The number of ether oxygens (including phenoxy) is 1. The third-order valence-corrected chi connectivity index (χ3v) is 8.75. The molecule has 2 aromatic carbocycles. The van der Waals surface area contributed by atoms with E-state index in [0.717, 1.165) is 31.5 Å². The number of hydrogen-bond donors (Lipinski definition) is 2. The van der Waals surface area contributed by atoms with Crippen LogP contribution in [-0.2, 0) is 11.2 Å². The van der Waals surface area contributed by atoms with Crippen molar-refractivity contribution >= 4 is 35.0 Å². The lowest BCUT2D eigenvalue weighted by Crippen LogP contribution is -2.45. The van der Waals surface area contributed by atoms with Crippen molar-refractivity contribution in [2.45, 2.75) is 64.5 Å². The highest BCUT2D eigenvalue weighted by Crippen LogP contribution is 2.41. The summed E-state index contributed by atoms with van der Waals surface area (Å²) in [4.78, 5) is 40.0. The van der Waals surface area contributed by atoms with Gasteiger partial charge in [-0.25, -0.2) is 4.98 Å². The van der Waals surface area contributed by atoms with Crippen LogP contribution in [0.3, 0.4) is 0 Å². The van der Waals surface area contributed by atoms with Crippen LogP contribution in [0, 0.1) is 5.41 Å². The Balaban J connectivity index is 1.25. The van der Waals surface area contributed by atoms with E-state index in [-0.39, 0.29) is 17.9 Å². The van der Waals surface area contributed by atoms with Crippen LogP contribution in [-0.4, -0.2) is 48.5 Å². The minimum Gasteiger partial charge on any atom is -0.495 e. The lowest BCUT2D eigenvalue weighted by Gasteiger charge is -2.34. The largest absolute Gasteiger partial charge is 0.495 e. The van der Waals surface area contributed by atoms with Gasteiger partial charge >= 0.3 is 0 Å². The summed E-state index contributed by atoms with van der Waals surface area (Å²) < 4.78 is 5.67. The van der Waals surface area contributed by atoms with Crippen LogP contribution in [0.15, 0.2) is 48.7 Å². The molecule has 0 bridgehead atoms. The Bertz CT molecular complexity index is 1480. The maximum absolute atomic E-state index is 13.3. The first kappa shape index (κ1) is 27.1. The Morgan fingerprint density at radius 3 is 2.66 bits per heavy atom. The Hall–Kier alpha value is -4.14. The van der Waals surface area contributed by atoms with Crippen LogP contribution in [0.4, 0.5) is 23.1 Å². The molecule has 1 saturated carbocycles. The molecule has 3 aromatic rings. The second-order valence-electron chi connectivity index (χ2n) is 12.0. The molecule has 1 aliphatic heterocycles. The molecule has 1 atom stereocenters. The van der Waals surface area contributed by atoms with Gasteiger partial charge in [-0.1, -0.05) is 37.1 Å². The van der Waals surface area contributed by atoms with Gasteiger partial charge in [0.05, 0.1) is 30.5 Å². The van der Waals surface area contributed by atoms with Gasteiger partial charge in [0.15, 0.2) is 5.82 Å². The van der Waals surface area contributed by atoms with Crippen molar-refractivity contribution in [1.29, 1.82) is 0 Å². The molecule has 3 aliphatic rings. The summed E-state index contributed by atoms with van der Waals surface area (Å²) in [6, 6.07) is 14.0. The van der Waals surface area contributed by atoms with Crippen LogP contribution < -0.4 is 25.2 Å². The predicted molar refractivity (Wildman–Crippen MR) is 160 cm³/mol. The molecule has 0 radical (unpaired) electrons. The van der Waals surface area contributed by atoms with E-state index in [1.807, 2.05) is 32.0 Å². The molecule has 41 heavy (non-hydrogen) atoms. The van der Waals surface area contributed by atoms with E-state index >= 15 is 0 Å². The second-order valence-corrected chi connectivity index (χ2v) is 12.0. The number of nitrogens with zero attached hydrogens (tertiary/aromatic N) is 4. The van der Waals surface area contributed by atoms with Crippen LogP contribution >= 0.6 is 0 Å². The Kier molecular flexibility index (Phi) is 7.05. The molecule has 9 nitrogen and oxygen atoms in total. The number of carbonyl (C=O) groups is 2. The van der Waals surface area contributed by atoms with E-state index in [4.69, 9.17) is 9.72 Å². The van der Waals surface area contributed by atoms with Gasteiger partial charge in [-0.3, -0.25) is 9.59 Å². The number of hydrogen-bond acceptors (Lipinski definition) is 7. The van der Waals surface area contributed by atoms with Crippen molar-refractivity contribution in [1.82, 2.24) is 15.3 Å². The van der Waals surface area contributed by atoms with Gasteiger partial charge in [-0.2, -0.15) is 4.98 Å². The first-order valence-electron chi connectivity index (χ1n) is 14.5. The quantitative estimate of drug-likeness (QED) is 0.421. The molecular weight excluding hydrogens is 516 g/mol. The van der Waals surface area contributed by atoms with Crippen LogP contribution in [0.1, 0.15) is 73.5 Å². The highest BCUT2D eigenvalue weighted by atomic mass is 16.5. The van der Waals surface area contributed by atoms with Crippen LogP contribution in [0.5, 0.6) is 5.75 Å². The van der Waals surface area contributed by atoms with Crippen molar-refractivity contribution in [3.8, 4) is 5.75 Å². The van der Waals surface area contributed by atoms with E-state index in [1.165, 1.54) is 24.0 Å². The molecule has 214 valence electrons. The van der Waals surface area contributed by atoms with Gasteiger partial charge in [-0.15, -0.1) is 0 Å². The Morgan fingerprint density at radius 2 is 1.88 bits per heavy atom. The highest BCUT2D eigenvalue weighted by molar-refractivity contribution is 6.01.